The van der Waals surface area contributed by atoms with E-state index in [9.17, 15) is 13.2 Å². The van der Waals surface area contributed by atoms with Crippen LogP contribution in [0.4, 0.5) is 5.69 Å². The van der Waals surface area contributed by atoms with E-state index in [0.29, 0.717) is 37.7 Å². The van der Waals surface area contributed by atoms with E-state index >= 15 is 0 Å². The second-order valence-corrected chi connectivity index (χ2v) is 8.74. The Hall–Kier alpha value is -1.68. The number of hydrogen-bond donors (Lipinski definition) is 1. The lowest BCUT2D eigenvalue weighted by molar-refractivity contribution is -0.118. The fourth-order valence-electron chi connectivity index (χ4n) is 3.69. The van der Waals surface area contributed by atoms with Crippen molar-refractivity contribution in [1.29, 1.82) is 0 Å². The van der Waals surface area contributed by atoms with Crippen LogP contribution in [0.25, 0.3) is 0 Å². The number of carbonyl (C=O) groups excluding carboxylic acids is 1. The molecule has 0 aliphatic carbocycles. The highest BCUT2D eigenvalue weighted by atomic mass is 32.2. The van der Waals surface area contributed by atoms with E-state index in [2.05, 4.69) is 10.2 Å². The van der Waals surface area contributed by atoms with Crippen LogP contribution in [0.15, 0.2) is 23.1 Å². The number of amides is 1. The predicted molar refractivity (Wildman–Crippen MR) is 90.1 cm³/mol. The predicted octanol–water partition coefficient (Wildman–Crippen LogP) is -0.0314. The second kappa shape index (κ2) is 6.24. The standard InChI is InChI=1S/C16H21N3O5S/c1-18-5-11-6-19(12(7-18)9-23-8-11)25(21,22)13-2-3-15-14(4-13)17-16(20)10-24-15/h2-4,11-12H,5-10H2,1H3,(H,17,20)/t11-,12-/m0/s1. The molecule has 2 bridgehead atoms. The summed E-state index contributed by atoms with van der Waals surface area (Å²) < 4.78 is 39.0. The minimum absolute atomic E-state index is 0.0569. The van der Waals surface area contributed by atoms with E-state index in [1.165, 1.54) is 12.1 Å². The van der Waals surface area contributed by atoms with Crippen molar-refractivity contribution in [2.24, 2.45) is 5.92 Å². The molecule has 9 heteroatoms. The van der Waals surface area contributed by atoms with Gasteiger partial charge in [-0.25, -0.2) is 8.42 Å². The van der Waals surface area contributed by atoms with Gasteiger partial charge in [-0.2, -0.15) is 4.31 Å². The highest BCUT2D eigenvalue weighted by Gasteiger charge is 2.39. The van der Waals surface area contributed by atoms with Crippen LogP contribution in [0.2, 0.25) is 0 Å². The number of likely N-dealkylation sites (N-methyl/N-ethyl adjacent to an activating group) is 1. The molecule has 1 N–H and O–H groups in total. The van der Waals surface area contributed by atoms with Crippen LogP contribution in [-0.4, -0.2) is 76.1 Å². The number of nitrogens with one attached hydrogen (secondary N) is 1. The van der Waals surface area contributed by atoms with Crippen molar-refractivity contribution >= 4 is 21.6 Å². The number of hydrogen-bond acceptors (Lipinski definition) is 6. The summed E-state index contributed by atoms with van der Waals surface area (Å²) in [5.41, 5.74) is 0.392. The Labute approximate surface area is 146 Å². The van der Waals surface area contributed by atoms with E-state index in [1.807, 2.05) is 7.05 Å². The molecule has 3 aliphatic rings. The molecule has 8 nitrogen and oxygen atoms in total. The first-order valence-corrected chi connectivity index (χ1v) is 9.72. The number of fused-ring (bicyclic) bond motifs is 4. The minimum Gasteiger partial charge on any atom is -0.482 e. The number of nitrogens with zero attached hydrogens (tertiary/aromatic N) is 2. The Morgan fingerprint density at radius 1 is 1.20 bits per heavy atom. The lowest BCUT2D eigenvalue weighted by Gasteiger charge is -2.29. The Bertz CT molecular complexity index is 797. The number of benzene rings is 1. The van der Waals surface area contributed by atoms with E-state index < -0.39 is 10.0 Å². The van der Waals surface area contributed by atoms with Crippen molar-refractivity contribution in [3.8, 4) is 5.75 Å². The first-order chi connectivity index (χ1) is 11.9. The molecular weight excluding hydrogens is 346 g/mol. The summed E-state index contributed by atoms with van der Waals surface area (Å²) in [7, 11) is -1.69. The van der Waals surface area contributed by atoms with Gasteiger partial charge < -0.3 is 19.7 Å². The van der Waals surface area contributed by atoms with Gasteiger partial charge in [-0.1, -0.05) is 0 Å². The molecule has 0 radical (unpaired) electrons. The molecule has 0 unspecified atom stereocenters. The number of sulfonamides is 1. The molecule has 2 saturated heterocycles. The van der Waals surface area contributed by atoms with Gasteiger partial charge in [-0.15, -0.1) is 0 Å². The summed E-state index contributed by atoms with van der Waals surface area (Å²) in [6.07, 6.45) is 0. The van der Waals surface area contributed by atoms with E-state index in [4.69, 9.17) is 9.47 Å². The van der Waals surface area contributed by atoms with Crippen LogP contribution in [0.5, 0.6) is 5.75 Å². The molecule has 0 aromatic heterocycles. The zero-order valence-corrected chi connectivity index (χ0v) is 14.8. The molecule has 3 aliphatic heterocycles. The number of rotatable bonds is 2. The summed E-state index contributed by atoms with van der Waals surface area (Å²) in [5.74, 6) is 0.340. The van der Waals surface area contributed by atoms with Crippen LogP contribution in [0, 0.1) is 5.92 Å². The first-order valence-electron chi connectivity index (χ1n) is 8.28. The van der Waals surface area contributed by atoms with Crippen LogP contribution in [0.1, 0.15) is 0 Å². The molecule has 4 rings (SSSR count). The second-order valence-electron chi connectivity index (χ2n) is 6.85. The molecule has 25 heavy (non-hydrogen) atoms. The van der Waals surface area contributed by atoms with Crippen LogP contribution >= 0.6 is 0 Å². The van der Waals surface area contributed by atoms with E-state index in [1.54, 1.807) is 10.4 Å². The largest absolute Gasteiger partial charge is 0.482 e. The number of carbonyl (C=O) groups is 1. The van der Waals surface area contributed by atoms with Gasteiger partial charge in [-0.3, -0.25) is 4.79 Å². The quantitative estimate of drug-likeness (QED) is 0.790. The Morgan fingerprint density at radius 2 is 2.04 bits per heavy atom. The molecule has 0 saturated carbocycles. The van der Waals surface area contributed by atoms with Gasteiger partial charge in [0.15, 0.2) is 6.61 Å². The fourth-order valence-corrected chi connectivity index (χ4v) is 5.40. The molecule has 136 valence electrons. The molecule has 0 spiro atoms. The topological polar surface area (TPSA) is 88.2 Å². The maximum absolute atomic E-state index is 13.3. The van der Waals surface area contributed by atoms with Gasteiger partial charge in [0.05, 0.1) is 29.8 Å². The average Bonchev–Trinajstić information content (AvgIpc) is 2.85. The van der Waals surface area contributed by atoms with Gasteiger partial charge in [-0.05, 0) is 25.2 Å². The average molecular weight is 367 g/mol. The zero-order chi connectivity index (χ0) is 17.6. The normalized spacial score (nSPS) is 27.8. The molecule has 1 aromatic rings. The van der Waals surface area contributed by atoms with Crippen LogP contribution in [-0.2, 0) is 19.6 Å². The summed E-state index contributed by atoms with van der Waals surface area (Å²) in [6.45, 7) is 2.80. The van der Waals surface area contributed by atoms with E-state index in [-0.39, 0.29) is 29.4 Å². The maximum Gasteiger partial charge on any atom is 0.262 e. The van der Waals surface area contributed by atoms with Gasteiger partial charge in [0.1, 0.15) is 5.75 Å². The highest BCUT2D eigenvalue weighted by Crippen LogP contribution is 2.33. The van der Waals surface area contributed by atoms with Gasteiger partial charge in [0.2, 0.25) is 10.0 Å². The van der Waals surface area contributed by atoms with Crippen molar-refractivity contribution in [1.82, 2.24) is 9.21 Å². The van der Waals surface area contributed by atoms with Crippen molar-refractivity contribution < 1.29 is 22.7 Å². The van der Waals surface area contributed by atoms with Crippen molar-refractivity contribution in [3.63, 3.8) is 0 Å². The van der Waals surface area contributed by atoms with Crippen molar-refractivity contribution in [2.45, 2.75) is 10.9 Å². The van der Waals surface area contributed by atoms with Gasteiger partial charge in [0.25, 0.3) is 5.91 Å². The molecule has 2 fully saturated rings. The summed E-state index contributed by atoms with van der Waals surface area (Å²) in [5, 5.41) is 2.66. The van der Waals surface area contributed by atoms with Crippen molar-refractivity contribution in [2.75, 3.05) is 51.8 Å². The summed E-state index contributed by atoms with van der Waals surface area (Å²) in [6, 6.07) is 4.38. The maximum atomic E-state index is 13.3. The number of anilines is 1. The van der Waals surface area contributed by atoms with Gasteiger partial charge >= 0.3 is 0 Å². The highest BCUT2D eigenvalue weighted by molar-refractivity contribution is 7.89. The van der Waals surface area contributed by atoms with Crippen LogP contribution < -0.4 is 10.1 Å². The van der Waals surface area contributed by atoms with Crippen LogP contribution in [0.3, 0.4) is 0 Å². The lowest BCUT2D eigenvalue weighted by Crippen LogP contribution is -2.45. The smallest absolute Gasteiger partial charge is 0.262 e. The lowest BCUT2D eigenvalue weighted by atomic mass is 10.1. The molecule has 2 atom stereocenters. The Balaban J connectivity index is 1.69. The Morgan fingerprint density at radius 3 is 2.88 bits per heavy atom. The summed E-state index contributed by atoms with van der Waals surface area (Å²) in [4.78, 5) is 13.8. The summed E-state index contributed by atoms with van der Waals surface area (Å²) >= 11 is 0. The monoisotopic (exact) mass is 367 g/mol. The minimum atomic E-state index is -3.69. The number of ether oxygens (including phenoxy) is 2. The molecule has 3 heterocycles. The Kier molecular flexibility index (Phi) is 4.19. The fraction of sp³-hybridized carbons (Fsp3) is 0.562. The van der Waals surface area contributed by atoms with E-state index in [0.717, 1.165) is 6.54 Å². The third-order valence-corrected chi connectivity index (χ3v) is 6.71. The van der Waals surface area contributed by atoms with Gasteiger partial charge in [0, 0.05) is 25.6 Å². The molecule has 1 amide bonds. The first kappa shape index (κ1) is 16.8. The third-order valence-electron chi connectivity index (χ3n) is 4.79. The SMILES string of the molecule is CN1C[C@@H]2COC[C@H](C1)N(S(=O)(=O)c1ccc3c(c1)NC(=O)CO3)C2. The third kappa shape index (κ3) is 3.12. The molecular formula is C16H21N3O5S. The van der Waals surface area contributed by atoms with Crippen molar-refractivity contribution in [3.05, 3.63) is 18.2 Å². The molecule has 1 aromatic carbocycles. The zero-order valence-electron chi connectivity index (χ0n) is 14.0.